The van der Waals surface area contributed by atoms with Gasteiger partial charge < -0.3 is 0 Å². The van der Waals surface area contributed by atoms with Crippen molar-refractivity contribution in [1.29, 1.82) is 0 Å². The molecule has 1 rings (SSSR count). The van der Waals surface area contributed by atoms with Crippen LogP contribution in [0.4, 0.5) is 0 Å². The summed E-state index contributed by atoms with van der Waals surface area (Å²) in [7, 11) is -12.1. The van der Waals surface area contributed by atoms with Crippen molar-refractivity contribution in [1.82, 2.24) is 0 Å². The first-order valence-corrected chi connectivity index (χ1v) is 43.4. The molecule has 0 saturated heterocycles. The van der Waals surface area contributed by atoms with Gasteiger partial charge >= 0.3 is 268 Å². The Balaban J connectivity index is 4.91. The maximum atomic E-state index is 13.9. The van der Waals surface area contributed by atoms with E-state index in [4.69, 9.17) is 0 Å². The summed E-state index contributed by atoms with van der Waals surface area (Å²) in [6.45, 7) is 54.0. The summed E-state index contributed by atoms with van der Waals surface area (Å²) in [5, 5.41) is 0.925. The van der Waals surface area contributed by atoms with Crippen molar-refractivity contribution < 1.29 is 6.58 Å². The third kappa shape index (κ3) is 7.74. The van der Waals surface area contributed by atoms with Crippen molar-refractivity contribution in [3.8, 4) is 0 Å². The first-order chi connectivity index (χ1) is 17.1. The van der Waals surface area contributed by atoms with Gasteiger partial charge in [0.05, 0.1) is 0 Å². The van der Waals surface area contributed by atoms with E-state index in [0.717, 1.165) is 3.61 Å². The molecule has 0 aliphatic heterocycles. The first-order valence-electron chi connectivity index (χ1n) is 15.4. The Bertz CT molecular complexity index is 967. The molecule has 0 atom stereocenters. The summed E-state index contributed by atoms with van der Waals surface area (Å²) in [5.74, 6) is 0. The molecule has 1 aromatic carbocycles. The Morgan fingerprint density at radius 2 is 0.750 bits per heavy atom. The zero-order chi connectivity index (χ0) is 32.5. The monoisotopic (exact) mass is 786 g/mol. The first kappa shape index (κ1) is 39.3. The van der Waals surface area contributed by atoms with Crippen molar-refractivity contribution in [2.24, 2.45) is 0 Å². The third-order valence-corrected chi connectivity index (χ3v) is 51.2. The summed E-state index contributed by atoms with van der Waals surface area (Å²) < 4.78 is 26.5. The summed E-state index contributed by atoms with van der Waals surface area (Å²) in [4.78, 5) is 0. The number of benzene rings is 1. The van der Waals surface area contributed by atoms with Crippen LogP contribution in [-0.4, -0.2) is 79.9 Å². The van der Waals surface area contributed by atoms with Gasteiger partial charge in [0.2, 0.25) is 0 Å². The van der Waals surface area contributed by atoms with Gasteiger partial charge in [-0.25, -0.2) is 0 Å². The van der Waals surface area contributed by atoms with Crippen molar-refractivity contribution in [2.75, 3.05) is 0 Å². The molecule has 10 heteroatoms. The van der Waals surface area contributed by atoms with Crippen LogP contribution < -0.4 is 3.61 Å². The molecule has 0 saturated carbocycles. The molecule has 0 radical (unpaired) electrons. The number of rotatable bonds is 11. The van der Waals surface area contributed by atoms with Gasteiger partial charge in [-0.1, -0.05) is 0 Å². The Morgan fingerprint density at radius 3 is 0.900 bits per heavy atom. The van der Waals surface area contributed by atoms with Gasteiger partial charge in [-0.15, -0.1) is 0 Å². The molecule has 0 bridgehead atoms. The average Bonchev–Trinajstić information content (AvgIpc) is 2.51. The molecule has 0 aromatic heterocycles. The van der Waals surface area contributed by atoms with Gasteiger partial charge in [-0.2, -0.15) is 0 Å². The van der Waals surface area contributed by atoms with Crippen molar-refractivity contribution >= 4 is 80.1 Å². The standard InChI is InChI=1S/C30H68O2Si7Te/c1-33(2,3)28(34(4,5)6)25-22-24(30(37(13,14)15,38(16,17)18)39(19,20)21)23-26(27(25)40(31)32)29(35(7,8)9)36(10,11)12/h22-23,28-29H,1-21H3,(H,31,32). The van der Waals surface area contributed by atoms with E-state index >= 15 is 0 Å². The van der Waals surface area contributed by atoms with Gasteiger partial charge in [-0.3, -0.25) is 0 Å². The maximum absolute atomic E-state index is 13.9. The van der Waals surface area contributed by atoms with Gasteiger partial charge in [0.15, 0.2) is 0 Å². The summed E-state index contributed by atoms with van der Waals surface area (Å²) in [5.41, 5.74) is 4.29. The number of hydrogen-bond donors (Lipinski definition) is 1. The fourth-order valence-corrected chi connectivity index (χ4v) is 69.6. The quantitative estimate of drug-likeness (QED) is 0.227. The van der Waals surface area contributed by atoms with E-state index in [0.29, 0.717) is 10.3 Å². The van der Waals surface area contributed by atoms with Crippen LogP contribution in [0.15, 0.2) is 12.1 Å². The van der Waals surface area contributed by atoms with Gasteiger partial charge in [-0.05, 0) is 0 Å². The van der Waals surface area contributed by atoms with E-state index in [1.54, 1.807) is 5.56 Å². The molecular formula is C30H68O2Si7Te. The van der Waals surface area contributed by atoms with E-state index in [2.05, 4.69) is 150 Å². The second-order valence-electron chi connectivity index (χ2n) is 20.1. The second kappa shape index (κ2) is 11.9. The Kier molecular flexibility index (Phi) is 11.7. The van der Waals surface area contributed by atoms with Crippen LogP contribution in [0, 0.1) is 0 Å². The fourth-order valence-electron chi connectivity index (χ4n) is 10.7. The molecule has 0 aliphatic rings. The minimum absolute atomic E-state index is 0.251. The molecule has 0 heterocycles. The van der Waals surface area contributed by atoms with Crippen LogP contribution in [0.25, 0.3) is 0 Å². The van der Waals surface area contributed by atoms with E-state index in [1.807, 2.05) is 0 Å². The normalized spacial score (nSPS) is 15.5. The predicted molar refractivity (Wildman–Crippen MR) is 205 cm³/mol. The third-order valence-electron chi connectivity index (χ3n) is 9.22. The van der Waals surface area contributed by atoms with E-state index in [9.17, 15) is 6.58 Å². The Morgan fingerprint density at radius 1 is 0.525 bits per heavy atom. The van der Waals surface area contributed by atoms with Gasteiger partial charge in [0.25, 0.3) is 0 Å². The molecule has 1 aromatic rings. The van der Waals surface area contributed by atoms with Crippen molar-refractivity contribution in [3.63, 3.8) is 0 Å². The zero-order valence-electron chi connectivity index (χ0n) is 30.6. The molecule has 0 aliphatic carbocycles. The molecule has 2 nitrogen and oxygen atoms in total. The minimum atomic E-state index is -3.71. The Hall–Kier alpha value is 1.29. The summed E-state index contributed by atoms with van der Waals surface area (Å²) in [6.07, 6.45) is 0. The molecule has 0 spiro atoms. The molecule has 0 fully saturated rings. The molecule has 0 amide bonds. The van der Waals surface area contributed by atoms with Crippen LogP contribution in [-0.2, 0) is 7.39 Å². The molecule has 234 valence electrons. The van der Waals surface area contributed by atoms with Crippen LogP contribution in [0.5, 0.6) is 0 Å². The van der Waals surface area contributed by atoms with Crippen LogP contribution in [0.1, 0.15) is 27.0 Å². The second-order valence-corrected chi connectivity index (χ2v) is 62.3. The van der Waals surface area contributed by atoms with Crippen LogP contribution >= 0.6 is 0 Å². The van der Waals surface area contributed by atoms with Gasteiger partial charge in [0.1, 0.15) is 0 Å². The average molecular weight is 785 g/mol. The topological polar surface area (TPSA) is 37.3 Å². The van der Waals surface area contributed by atoms with Crippen LogP contribution in [0.3, 0.4) is 0 Å². The van der Waals surface area contributed by atoms with E-state index in [1.165, 1.54) is 11.1 Å². The Labute approximate surface area is 265 Å². The number of hydrogen-bond acceptors (Lipinski definition) is 1. The SMILES string of the molecule is C[Si](C)(C)C(c1cc(C([Si](C)(C)C)([Si](C)(C)C)[Si](C)(C)C)cc(C([Si](C)(C)C)[Si](C)(C)C)c1[Te](=O)O)[Si](C)(C)C. The van der Waals surface area contributed by atoms with E-state index < -0.39 is 76.5 Å². The van der Waals surface area contributed by atoms with Gasteiger partial charge in [0, 0.05) is 0 Å². The molecule has 40 heavy (non-hydrogen) atoms. The molecule has 0 unspecified atom stereocenters. The van der Waals surface area contributed by atoms with E-state index in [-0.39, 0.29) is 4.28 Å². The molecule has 1 N–H and O–H groups in total. The fraction of sp³-hybridized carbons (Fsp3) is 0.800. The van der Waals surface area contributed by atoms with Crippen molar-refractivity contribution in [2.45, 2.75) is 152 Å². The molecular weight excluding hydrogens is 717 g/mol. The summed E-state index contributed by atoms with van der Waals surface area (Å²) >= 11 is -3.71. The zero-order valence-corrected chi connectivity index (χ0v) is 39.9. The van der Waals surface area contributed by atoms with Crippen molar-refractivity contribution in [3.05, 3.63) is 28.8 Å². The predicted octanol–water partition coefficient (Wildman–Crippen LogP) is 9.35. The van der Waals surface area contributed by atoms with Crippen LogP contribution in [0.2, 0.25) is 137 Å². The summed E-state index contributed by atoms with van der Waals surface area (Å²) in [6, 6.07) is 5.23.